The standard InChI is InChI=1S/C14H31N3O2/c1-6-16-14(4,5)17-7-8-18-9-10-19-11-13(15)12(2)3/h12,15-17H,6-11H2,1-5H3. The van der Waals surface area contributed by atoms with Gasteiger partial charge in [-0.3, -0.25) is 5.32 Å². The van der Waals surface area contributed by atoms with E-state index >= 15 is 0 Å². The maximum absolute atomic E-state index is 7.62. The molecule has 0 heterocycles. The third-order valence-corrected chi connectivity index (χ3v) is 2.76. The van der Waals surface area contributed by atoms with Gasteiger partial charge in [0.15, 0.2) is 0 Å². The predicted octanol–water partition coefficient (Wildman–Crippen LogP) is 1.63. The molecule has 5 heteroatoms. The van der Waals surface area contributed by atoms with Crippen LogP contribution in [-0.4, -0.2) is 50.9 Å². The first-order valence-electron chi connectivity index (χ1n) is 7.12. The van der Waals surface area contributed by atoms with Crippen molar-refractivity contribution in [2.75, 3.05) is 39.5 Å². The van der Waals surface area contributed by atoms with Crippen molar-refractivity contribution in [1.29, 1.82) is 5.41 Å². The monoisotopic (exact) mass is 273 g/mol. The quantitative estimate of drug-likeness (QED) is 0.287. The lowest BCUT2D eigenvalue weighted by atomic mass is 10.1. The number of rotatable bonds is 12. The number of nitrogens with one attached hydrogen (secondary N) is 3. The van der Waals surface area contributed by atoms with Crippen molar-refractivity contribution in [1.82, 2.24) is 10.6 Å². The fourth-order valence-corrected chi connectivity index (χ4v) is 1.51. The molecule has 0 spiro atoms. The zero-order valence-corrected chi connectivity index (χ0v) is 13.1. The summed E-state index contributed by atoms with van der Waals surface area (Å²) >= 11 is 0. The van der Waals surface area contributed by atoms with Gasteiger partial charge in [-0.2, -0.15) is 0 Å². The van der Waals surface area contributed by atoms with Crippen LogP contribution in [0.3, 0.4) is 0 Å². The Morgan fingerprint density at radius 3 is 2.32 bits per heavy atom. The predicted molar refractivity (Wildman–Crippen MR) is 80.0 cm³/mol. The van der Waals surface area contributed by atoms with Gasteiger partial charge in [0.25, 0.3) is 0 Å². The van der Waals surface area contributed by atoms with Crippen LogP contribution in [0.4, 0.5) is 0 Å². The van der Waals surface area contributed by atoms with Crippen LogP contribution in [-0.2, 0) is 9.47 Å². The summed E-state index contributed by atoms with van der Waals surface area (Å²) in [7, 11) is 0. The number of hydrogen-bond acceptors (Lipinski definition) is 5. The van der Waals surface area contributed by atoms with E-state index in [1.54, 1.807) is 0 Å². The molecule has 0 rings (SSSR count). The van der Waals surface area contributed by atoms with Gasteiger partial charge in [0.05, 0.1) is 32.1 Å². The van der Waals surface area contributed by atoms with Gasteiger partial charge in [-0.15, -0.1) is 0 Å². The fourth-order valence-electron chi connectivity index (χ4n) is 1.51. The molecule has 5 nitrogen and oxygen atoms in total. The highest BCUT2D eigenvalue weighted by atomic mass is 16.5. The summed E-state index contributed by atoms with van der Waals surface area (Å²) in [6.07, 6.45) is 0. The van der Waals surface area contributed by atoms with E-state index in [1.165, 1.54) is 0 Å². The average Bonchev–Trinajstić information content (AvgIpc) is 2.31. The lowest BCUT2D eigenvalue weighted by Crippen LogP contribution is -2.52. The minimum absolute atomic E-state index is 0.0546. The van der Waals surface area contributed by atoms with E-state index in [0.717, 1.165) is 13.1 Å². The molecule has 0 fully saturated rings. The highest BCUT2D eigenvalue weighted by molar-refractivity contribution is 5.84. The van der Waals surface area contributed by atoms with E-state index in [-0.39, 0.29) is 11.6 Å². The van der Waals surface area contributed by atoms with Gasteiger partial charge in [0.2, 0.25) is 0 Å². The second-order valence-corrected chi connectivity index (χ2v) is 5.43. The number of ether oxygens (including phenoxy) is 2. The van der Waals surface area contributed by atoms with E-state index < -0.39 is 0 Å². The molecular formula is C14H31N3O2. The topological polar surface area (TPSA) is 66.4 Å². The van der Waals surface area contributed by atoms with Gasteiger partial charge in [-0.05, 0) is 26.3 Å². The van der Waals surface area contributed by atoms with Crippen molar-refractivity contribution in [3.05, 3.63) is 0 Å². The summed E-state index contributed by atoms with van der Waals surface area (Å²) in [4.78, 5) is 0. The zero-order valence-electron chi connectivity index (χ0n) is 13.1. The normalized spacial score (nSPS) is 12.1. The summed E-state index contributed by atoms with van der Waals surface area (Å²) in [5.74, 6) is 0.262. The highest BCUT2D eigenvalue weighted by Crippen LogP contribution is 1.96. The van der Waals surface area contributed by atoms with E-state index in [2.05, 4.69) is 31.4 Å². The summed E-state index contributed by atoms with van der Waals surface area (Å²) in [6.45, 7) is 14.3. The molecular weight excluding hydrogens is 242 g/mol. The first kappa shape index (κ1) is 18.5. The molecule has 0 atom stereocenters. The molecule has 0 aromatic rings. The molecule has 0 saturated carbocycles. The molecule has 0 aromatic heterocycles. The number of hydrogen-bond donors (Lipinski definition) is 3. The smallest absolute Gasteiger partial charge is 0.0845 e. The van der Waals surface area contributed by atoms with Crippen LogP contribution in [0.1, 0.15) is 34.6 Å². The molecule has 114 valence electrons. The van der Waals surface area contributed by atoms with Crippen molar-refractivity contribution in [3.8, 4) is 0 Å². The van der Waals surface area contributed by atoms with Crippen LogP contribution >= 0.6 is 0 Å². The summed E-state index contributed by atoms with van der Waals surface area (Å²) in [5.41, 5.74) is 0.579. The minimum atomic E-state index is -0.0546. The summed E-state index contributed by atoms with van der Waals surface area (Å²) < 4.78 is 10.8. The van der Waals surface area contributed by atoms with Gasteiger partial charge in [0, 0.05) is 12.3 Å². The van der Waals surface area contributed by atoms with Crippen LogP contribution in [0, 0.1) is 11.3 Å². The zero-order chi connectivity index (χ0) is 14.7. The van der Waals surface area contributed by atoms with Crippen molar-refractivity contribution in [3.63, 3.8) is 0 Å². The van der Waals surface area contributed by atoms with Crippen molar-refractivity contribution >= 4 is 5.71 Å². The van der Waals surface area contributed by atoms with Gasteiger partial charge in [0.1, 0.15) is 0 Å². The minimum Gasteiger partial charge on any atom is -0.378 e. The Bertz CT molecular complexity index is 243. The average molecular weight is 273 g/mol. The third kappa shape index (κ3) is 11.1. The van der Waals surface area contributed by atoms with Gasteiger partial charge in [-0.25, -0.2) is 0 Å². The Morgan fingerprint density at radius 2 is 1.74 bits per heavy atom. The molecule has 0 radical (unpaired) electrons. The van der Waals surface area contributed by atoms with Crippen molar-refractivity contribution in [2.45, 2.75) is 40.3 Å². The first-order chi connectivity index (χ1) is 8.89. The molecule has 0 unspecified atom stereocenters. The first-order valence-corrected chi connectivity index (χ1v) is 7.12. The second-order valence-electron chi connectivity index (χ2n) is 5.43. The molecule has 0 aliphatic carbocycles. The molecule has 0 aromatic carbocycles. The summed E-state index contributed by atoms with van der Waals surface area (Å²) in [5, 5.41) is 14.3. The molecule has 3 N–H and O–H groups in total. The van der Waals surface area contributed by atoms with E-state index in [9.17, 15) is 0 Å². The highest BCUT2D eigenvalue weighted by Gasteiger charge is 2.13. The lowest BCUT2D eigenvalue weighted by molar-refractivity contribution is 0.0594. The maximum atomic E-state index is 7.62. The van der Waals surface area contributed by atoms with Crippen LogP contribution in [0.15, 0.2) is 0 Å². The molecule has 0 aliphatic rings. The largest absolute Gasteiger partial charge is 0.378 e. The SMILES string of the molecule is CCNC(C)(C)NCCOCCOCC(=N)C(C)C. The van der Waals surface area contributed by atoms with Gasteiger partial charge < -0.3 is 20.2 Å². The fraction of sp³-hybridized carbons (Fsp3) is 0.929. The third-order valence-electron chi connectivity index (χ3n) is 2.76. The molecule has 0 aliphatic heterocycles. The van der Waals surface area contributed by atoms with E-state index in [0.29, 0.717) is 32.1 Å². The Morgan fingerprint density at radius 1 is 1.11 bits per heavy atom. The summed E-state index contributed by atoms with van der Waals surface area (Å²) in [6, 6.07) is 0. The lowest BCUT2D eigenvalue weighted by Gasteiger charge is -2.27. The second kappa shape index (κ2) is 10.3. The Hall–Kier alpha value is -0.490. The van der Waals surface area contributed by atoms with E-state index in [1.807, 2.05) is 13.8 Å². The van der Waals surface area contributed by atoms with Crippen molar-refractivity contribution in [2.24, 2.45) is 5.92 Å². The molecule has 19 heavy (non-hydrogen) atoms. The van der Waals surface area contributed by atoms with Gasteiger partial charge in [-0.1, -0.05) is 20.8 Å². The Labute approximate surface area is 117 Å². The molecule has 0 bridgehead atoms. The van der Waals surface area contributed by atoms with Crippen LogP contribution < -0.4 is 10.6 Å². The van der Waals surface area contributed by atoms with Crippen LogP contribution in [0.25, 0.3) is 0 Å². The Balaban J connectivity index is 3.35. The molecule has 0 amide bonds. The van der Waals surface area contributed by atoms with Gasteiger partial charge >= 0.3 is 0 Å². The Kier molecular flexibility index (Phi) is 10.0. The van der Waals surface area contributed by atoms with Crippen molar-refractivity contribution < 1.29 is 9.47 Å². The van der Waals surface area contributed by atoms with Crippen LogP contribution in [0.5, 0.6) is 0 Å². The maximum Gasteiger partial charge on any atom is 0.0845 e. The van der Waals surface area contributed by atoms with Crippen LogP contribution in [0.2, 0.25) is 0 Å². The van der Waals surface area contributed by atoms with E-state index in [4.69, 9.17) is 14.9 Å². The molecule has 0 saturated heterocycles.